The fourth-order valence-electron chi connectivity index (χ4n) is 3.15. The minimum absolute atomic E-state index is 0.137. The van der Waals surface area contributed by atoms with Crippen LogP contribution in [0.15, 0.2) is 48.7 Å². The summed E-state index contributed by atoms with van der Waals surface area (Å²) in [4.78, 5) is 27.0. The zero-order chi connectivity index (χ0) is 21.8. The fraction of sp³-hybridized carbons (Fsp3) is 0.227. The molecule has 3 rings (SSSR count). The molecule has 1 aromatic heterocycles. The number of anilines is 1. The van der Waals surface area contributed by atoms with Crippen molar-refractivity contribution in [3.05, 3.63) is 75.5 Å². The first kappa shape index (κ1) is 21.9. The van der Waals surface area contributed by atoms with Gasteiger partial charge in [-0.2, -0.15) is 5.10 Å². The normalized spacial score (nSPS) is 10.7. The number of hydrogen-bond donors (Lipinski definition) is 1. The highest BCUT2D eigenvalue weighted by molar-refractivity contribution is 6.34. The monoisotopic (exact) mass is 444 g/mol. The van der Waals surface area contributed by atoms with Gasteiger partial charge in [0.15, 0.2) is 0 Å². The number of nitrogens with one attached hydrogen (secondary N) is 1. The fourth-order valence-corrected chi connectivity index (χ4v) is 3.59. The van der Waals surface area contributed by atoms with E-state index in [1.54, 1.807) is 39.9 Å². The molecule has 2 aromatic carbocycles. The van der Waals surface area contributed by atoms with Crippen LogP contribution in [-0.2, 0) is 0 Å². The van der Waals surface area contributed by atoms with Gasteiger partial charge in [-0.15, -0.1) is 0 Å². The van der Waals surface area contributed by atoms with Crippen LogP contribution in [0.2, 0.25) is 10.0 Å². The molecule has 0 spiro atoms. The standard InChI is InChI=1S/C22H22Cl2N4O2/c1-4-27(5-2)22(30)18-10-9-16(12-20(18)24)26-21(29)19-13-25-28(14(19)3)17-8-6-7-15(23)11-17/h6-13H,4-5H2,1-3H3,(H,26,29). The third-order valence-corrected chi connectivity index (χ3v) is 5.36. The Morgan fingerprint density at radius 2 is 1.80 bits per heavy atom. The number of aromatic nitrogens is 2. The van der Waals surface area contributed by atoms with Crippen LogP contribution in [0.25, 0.3) is 5.69 Å². The number of carbonyl (C=O) groups excluding carboxylic acids is 2. The predicted octanol–water partition coefficient (Wildman–Crippen LogP) is 5.22. The van der Waals surface area contributed by atoms with E-state index in [1.165, 1.54) is 6.20 Å². The van der Waals surface area contributed by atoms with E-state index in [9.17, 15) is 9.59 Å². The van der Waals surface area contributed by atoms with Gasteiger partial charge in [0.1, 0.15) is 0 Å². The van der Waals surface area contributed by atoms with E-state index in [2.05, 4.69) is 10.4 Å². The van der Waals surface area contributed by atoms with Crippen molar-refractivity contribution in [2.45, 2.75) is 20.8 Å². The summed E-state index contributed by atoms with van der Waals surface area (Å²) in [7, 11) is 0. The number of rotatable bonds is 6. The summed E-state index contributed by atoms with van der Waals surface area (Å²) in [5.74, 6) is -0.457. The molecule has 1 heterocycles. The highest BCUT2D eigenvalue weighted by Crippen LogP contribution is 2.24. The van der Waals surface area contributed by atoms with Gasteiger partial charge >= 0.3 is 0 Å². The lowest BCUT2D eigenvalue weighted by molar-refractivity contribution is 0.0773. The first-order chi connectivity index (χ1) is 14.3. The number of amides is 2. The van der Waals surface area contributed by atoms with Crippen LogP contribution in [0, 0.1) is 6.92 Å². The highest BCUT2D eigenvalue weighted by atomic mass is 35.5. The van der Waals surface area contributed by atoms with Gasteiger partial charge in [0.05, 0.1) is 33.7 Å². The molecule has 0 bridgehead atoms. The first-order valence-corrected chi connectivity index (χ1v) is 10.3. The van der Waals surface area contributed by atoms with E-state index in [4.69, 9.17) is 23.2 Å². The van der Waals surface area contributed by atoms with Crippen LogP contribution < -0.4 is 5.32 Å². The molecule has 0 saturated carbocycles. The molecule has 0 radical (unpaired) electrons. The van der Waals surface area contributed by atoms with Crippen molar-refractivity contribution in [2.24, 2.45) is 0 Å². The van der Waals surface area contributed by atoms with Crippen molar-refractivity contribution in [1.29, 1.82) is 0 Å². The topological polar surface area (TPSA) is 67.2 Å². The van der Waals surface area contributed by atoms with Gasteiger partial charge in [-0.1, -0.05) is 29.3 Å². The van der Waals surface area contributed by atoms with Crippen LogP contribution >= 0.6 is 23.2 Å². The molecule has 0 fully saturated rings. The summed E-state index contributed by atoms with van der Waals surface area (Å²) < 4.78 is 1.65. The second-order valence-corrected chi connectivity index (χ2v) is 7.51. The van der Waals surface area contributed by atoms with Gasteiger partial charge in [-0.05, 0) is 57.2 Å². The lowest BCUT2D eigenvalue weighted by atomic mass is 10.1. The van der Waals surface area contributed by atoms with E-state index in [-0.39, 0.29) is 16.8 Å². The molecule has 8 heteroatoms. The summed E-state index contributed by atoms with van der Waals surface area (Å²) in [6.07, 6.45) is 1.51. The second-order valence-electron chi connectivity index (χ2n) is 6.66. The average molecular weight is 445 g/mol. The lowest BCUT2D eigenvalue weighted by Crippen LogP contribution is -2.30. The quantitative estimate of drug-likeness (QED) is 0.566. The number of halogens is 2. The molecule has 0 saturated heterocycles. The second kappa shape index (κ2) is 9.32. The summed E-state index contributed by atoms with van der Waals surface area (Å²) in [5, 5.41) is 7.99. The Hall–Kier alpha value is -2.83. The van der Waals surface area contributed by atoms with E-state index in [0.29, 0.717) is 40.6 Å². The molecule has 3 aromatic rings. The average Bonchev–Trinajstić information content (AvgIpc) is 3.10. The van der Waals surface area contributed by atoms with E-state index in [0.717, 1.165) is 5.69 Å². The minimum Gasteiger partial charge on any atom is -0.339 e. The Morgan fingerprint density at radius 1 is 1.07 bits per heavy atom. The van der Waals surface area contributed by atoms with Gasteiger partial charge in [-0.25, -0.2) is 4.68 Å². The van der Waals surface area contributed by atoms with Crippen LogP contribution in [0.4, 0.5) is 5.69 Å². The van der Waals surface area contributed by atoms with Crippen LogP contribution in [0.5, 0.6) is 0 Å². The lowest BCUT2D eigenvalue weighted by Gasteiger charge is -2.19. The molecule has 30 heavy (non-hydrogen) atoms. The largest absolute Gasteiger partial charge is 0.339 e. The maximum Gasteiger partial charge on any atom is 0.259 e. The molecule has 2 amide bonds. The molecular formula is C22H22Cl2N4O2. The van der Waals surface area contributed by atoms with Gasteiger partial charge in [-0.3, -0.25) is 9.59 Å². The summed E-state index contributed by atoms with van der Waals surface area (Å²) in [6, 6.07) is 12.1. The Kier molecular flexibility index (Phi) is 6.80. The molecule has 156 valence electrons. The SMILES string of the molecule is CCN(CC)C(=O)c1ccc(NC(=O)c2cnn(-c3cccc(Cl)c3)c2C)cc1Cl. The van der Waals surface area contributed by atoms with Gasteiger partial charge in [0.2, 0.25) is 0 Å². The summed E-state index contributed by atoms with van der Waals surface area (Å²) in [5.41, 5.74) is 2.77. The van der Waals surface area contributed by atoms with Crippen molar-refractivity contribution < 1.29 is 9.59 Å². The van der Waals surface area contributed by atoms with Gasteiger partial charge in [0, 0.05) is 23.8 Å². The smallest absolute Gasteiger partial charge is 0.259 e. The van der Waals surface area contributed by atoms with Crippen molar-refractivity contribution in [2.75, 3.05) is 18.4 Å². The maximum absolute atomic E-state index is 12.8. The number of carbonyl (C=O) groups is 2. The van der Waals surface area contributed by atoms with Crippen LogP contribution in [-0.4, -0.2) is 39.6 Å². The Labute approximate surface area is 185 Å². The van der Waals surface area contributed by atoms with Gasteiger partial charge in [0.25, 0.3) is 11.8 Å². The van der Waals surface area contributed by atoms with E-state index in [1.807, 2.05) is 32.9 Å². The van der Waals surface area contributed by atoms with Crippen molar-refractivity contribution in [3.8, 4) is 5.69 Å². The molecule has 0 unspecified atom stereocenters. The number of nitrogens with zero attached hydrogens (tertiary/aromatic N) is 3. The minimum atomic E-state index is -0.320. The number of benzene rings is 2. The highest BCUT2D eigenvalue weighted by Gasteiger charge is 2.18. The first-order valence-electron chi connectivity index (χ1n) is 9.56. The Bertz CT molecular complexity index is 1090. The summed E-state index contributed by atoms with van der Waals surface area (Å²) >= 11 is 12.4. The third kappa shape index (κ3) is 4.50. The Balaban J connectivity index is 1.80. The number of hydrogen-bond acceptors (Lipinski definition) is 3. The van der Waals surface area contributed by atoms with Gasteiger partial charge < -0.3 is 10.2 Å². The molecule has 6 nitrogen and oxygen atoms in total. The molecule has 0 aliphatic carbocycles. The maximum atomic E-state index is 12.8. The van der Waals surface area contributed by atoms with Crippen LogP contribution in [0.1, 0.15) is 40.3 Å². The zero-order valence-corrected chi connectivity index (χ0v) is 18.5. The Morgan fingerprint density at radius 3 is 2.43 bits per heavy atom. The third-order valence-electron chi connectivity index (χ3n) is 4.82. The van der Waals surface area contributed by atoms with Crippen LogP contribution in [0.3, 0.4) is 0 Å². The van der Waals surface area contributed by atoms with E-state index < -0.39 is 0 Å². The van der Waals surface area contributed by atoms with Crippen molar-refractivity contribution in [1.82, 2.24) is 14.7 Å². The molecular weight excluding hydrogens is 423 g/mol. The van der Waals surface area contributed by atoms with Crippen molar-refractivity contribution >= 4 is 40.7 Å². The molecule has 1 N–H and O–H groups in total. The summed E-state index contributed by atoms with van der Waals surface area (Å²) in [6.45, 7) is 6.83. The molecule has 0 atom stereocenters. The predicted molar refractivity (Wildman–Crippen MR) is 120 cm³/mol. The van der Waals surface area contributed by atoms with Crippen molar-refractivity contribution in [3.63, 3.8) is 0 Å². The molecule has 0 aliphatic heterocycles. The van der Waals surface area contributed by atoms with E-state index >= 15 is 0 Å². The molecule has 0 aliphatic rings. The zero-order valence-electron chi connectivity index (χ0n) is 16.9.